The maximum Gasteiger partial charge on any atom is 0.423 e. The summed E-state index contributed by atoms with van der Waals surface area (Å²) in [6.07, 6.45) is -4.35. The van der Waals surface area contributed by atoms with Crippen LogP contribution in [-0.2, 0) is 12.1 Å². The minimum absolute atomic E-state index is 0.125. The van der Waals surface area contributed by atoms with Gasteiger partial charge in [0.25, 0.3) is 0 Å². The number of rotatable bonds is 5. The summed E-state index contributed by atoms with van der Waals surface area (Å²) in [5.74, 6) is 0. The first-order valence-corrected chi connectivity index (χ1v) is 9.84. The van der Waals surface area contributed by atoms with Crippen molar-refractivity contribution in [3.8, 4) is 17.2 Å². The van der Waals surface area contributed by atoms with Gasteiger partial charge in [0.05, 0.1) is 18.3 Å². The Hall–Kier alpha value is -3.77. The average Bonchev–Trinajstić information content (AvgIpc) is 3.26. The third kappa shape index (κ3) is 3.81. The van der Waals surface area contributed by atoms with E-state index in [4.69, 9.17) is 0 Å². The lowest BCUT2D eigenvalue weighted by atomic mass is 9.96. The van der Waals surface area contributed by atoms with Crippen LogP contribution < -0.4 is 0 Å². The summed E-state index contributed by atoms with van der Waals surface area (Å²) in [5, 5.41) is 27.6. The zero-order chi connectivity index (χ0) is 22.9. The van der Waals surface area contributed by atoms with Gasteiger partial charge in [-0.3, -0.25) is 0 Å². The monoisotopic (exact) mass is 437 g/mol. The third-order valence-corrected chi connectivity index (χ3v) is 5.36. The molecule has 0 saturated heterocycles. The smallest absolute Gasteiger partial charge is 0.375 e. The van der Waals surface area contributed by atoms with Crippen LogP contribution in [0.25, 0.3) is 22.0 Å². The van der Waals surface area contributed by atoms with Crippen LogP contribution in [0.15, 0.2) is 60.8 Å². The van der Waals surface area contributed by atoms with Crippen LogP contribution in [0.5, 0.6) is 0 Å². The van der Waals surface area contributed by atoms with Gasteiger partial charge in [0.15, 0.2) is 0 Å². The third-order valence-electron chi connectivity index (χ3n) is 5.36. The van der Waals surface area contributed by atoms with E-state index in [-0.39, 0.29) is 12.2 Å². The summed E-state index contributed by atoms with van der Waals surface area (Å²) in [6.45, 7) is 1.36. The Kier molecular flexibility index (Phi) is 5.40. The van der Waals surface area contributed by atoms with Crippen LogP contribution in [0.2, 0.25) is 0 Å². The van der Waals surface area contributed by atoms with Gasteiger partial charge in [-0.2, -0.15) is 18.4 Å². The van der Waals surface area contributed by atoms with E-state index in [0.29, 0.717) is 11.1 Å². The van der Waals surface area contributed by atoms with E-state index in [1.165, 1.54) is 11.6 Å². The molecule has 0 radical (unpaired) electrons. The molecule has 0 spiro atoms. The number of fused-ring (bicyclic) bond motifs is 1. The second-order valence-electron chi connectivity index (χ2n) is 7.40. The van der Waals surface area contributed by atoms with E-state index in [0.717, 1.165) is 22.7 Å². The second kappa shape index (κ2) is 8.05. The number of pyridine rings is 1. The fourth-order valence-corrected chi connectivity index (χ4v) is 3.57. The van der Waals surface area contributed by atoms with Gasteiger partial charge in [0.1, 0.15) is 17.5 Å². The summed E-state index contributed by atoms with van der Waals surface area (Å²) in [7, 11) is 0. The zero-order valence-corrected chi connectivity index (χ0v) is 17.0. The van der Waals surface area contributed by atoms with Gasteiger partial charge < -0.3 is 5.11 Å². The number of nitrogens with zero attached hydrogens (tertiary/aromatic N) is 5. The lowest BCUT2D eigenvalue weighted by Crippen LogP contribution is -2.42. The highest BCUT2D eigenvalue weighted by Gasteiger charge is 2.55. The molecule has 0 fully saturated rings. The summed E-state index contributed by atoms with van der Waals surface area (Å²) in [4.78, 5) is 4.38. The van der Waals surface area contributed by atoms with Gasteiger partial charge in [-0.1, -0.05) is 54.6 Å². The Morgan fingerprint density at radius 3 is 2.50 bits per heavy atom. The van der Waals surface area contributed by atoms with Crippen LogP contribution in [0.1, 0.15) is 30.3 Å². The fraction of sp³-hybridized carbons (Fsp3) is 0.217. The van der Waals surface area contributed by atoms with E-state index in [2.05, 4.69) is 21.4 Å². The number of benzene rings is 2. The Labute approximate surface area is 181 Å². The molecule has 1 unspecified atom stereocenters. The van der Waals surface area contributed by atoms with E-state index in [9.17, 15) is 23.5 Å². The number of aliphatic hydroxyl groups is 1. The highest BCUT2D eigenvalue weighted by atomic mass is 19.4. The average molecular weight is 437 g/mol. The molecule has 32 heavy (non-hydrogen) atoms. The van der Waals surface area contributed by atoms with Crippen molar-refractivity contribution in [3.05, 3.63) is 77.7 Å². The van der Waals surface area contributed by atoms with Gasteiger partial charge in [0.2, 0.25) is 5.60 Å². The number of nitriles is 1. The first-order chi connectivity index (χ1) is 15.2. The Morgan fingerprint density at radius 2 is 1.84 bits per heavy atom. The maximum absolute atomic E-state index is 13.3. The summed E-state index contributed by atoms with van der Waals surface area (Å²) >= 11 is 0. The molecule has 162 valence electrons. The SMILES string of the molecule is CCC(O)(c1cn(Cc2ccc3c(-c4ccccc4)cc(C#N)nc3c2)nn1)C(F)(F)F. The standard InChI is InChI=1S/C23H18F3N5O/c1-2-22(32,23(24,25)26)21-14-31(30-29-21)13-15-8-9-18-19(16-6-4-3-5-7-16)11-17(12-27)28-20(18)10-15/h3-11,14,32H,2,13H2,1H3. The van der Waals surface area contributed by atoms with Gasteiger partial charge in [-0.15, -0.1) is 5.10 Å². The summed E-state index contributed by atoms with van der Waals surface area (Å²) in [5.41, 5.74) is -0.249. The number of alkyl halides is 3. The molecule has 0 saturated carbocycles. The Morgan fingerprint density at radius 1 is 1.09 bits per heavy atom. The van der Waals surface area contributed by atoms with E-state index < -0.39 is 23.9 Å². The molecule has 2 aromatic carbocycles. The first-order valence-electron chi connectivity index (χ1n) is 9.84. The molecule has 1 atom stereocenters. The lowest BCUT2D eigenvalue weighted by molar-refractivity contribution is -0.269. The quantitative estimate of drug-likeness (QED) is 0.494. The molecule has 0 amide bonds. The number of hydrogen-bond donors (Lipinski definition) is 1. The molecular weight excluding hydrogens is 419 g/mol. The largest absolute Gasteiger partial charge is 0.423 e. The van der Waals surface area contributed by atoms with Crippen molar-refractivity contribution < 1.29 is 18.3 Å². The van der Waals surface area contributed by atoms with Crippen molar-refractivity contribution in [1.82, 2.24) is 20.0 Å². The van der Waals surface area contributed by atoms with Crippen molar-refractivity contribution in [1.29, 1.82) is 5.26 Å². The van der Waals surface area contributed by atoms with Crippen LogP contribution in [0.3, 0.4) is 0 Å². The van der Waals surface area contributed by atoms with Gasteiger partial charge in [-0.05, 0) is 35.2 Å². The molecule has 9 heteroatoms. The number of hydrogen-bond acceptors (Lipinski definition) is 5. The molecule has 4 rings (SSSR count). The van der Waals surface area contributed by atoms with E-state index in [1.807, 2.05) is 42.5 Å². The number of halogens is 3. The van der Waals surface area contributed by atoms with Crippen LogP contribution in [-0.4, -0.2) is 31.3 Å². The topological polar surface area (TPSA) is 87.6 Å². The molecule has 0 aliphatic rings. The molecular formula is C23H18F3N5O. The predicted molar refractivity (Wildman–Crippen MR) is 111 cm³/mol. The van der Waals surface area contributed by atoms with Crippen LogP contribution >= 0.6 is 0 Å². The van der Waals surface area contributed by atoms with Crippen molar-refractivity contribution in [2.24, 2.45) is 0 Å². The Bertz CT molecular complexity index is 1310. The molecule has 4 aromatic rings. The predicted octanol–water partition coefficient (Wildman–Crippen LogP) is 4.57. The van der Waals surface area contributed by atoms with Gasteiger partial charge >= 0.3 is 6.18 Å². The minimum Gasteiger partial charge on any atom is -0.375 e. The molecule has 0 bridgehead atoms. The summed E-state index contributed by atoms with van der Waals surface area (Å²) < 4.78 is 41.1. The molecule has 1 N–H and O–H groups in total. The lowest BCUT2D eigenvalue weighted by Gasteiger charge is -2.26. The highest BCUT2D eigenvalue weighted by molar-refractivity contribution is 5.95. The van der Waals surface area contributed by atoms with Crippen molar-refractivity contribution in [2.45, 2.75) is 31.7 Å². The van der Waals surface area contributed by atoms with Crippen molar-refractivity contribution >= 4 is 10.9 Å². The van der Waals surface area contributed by atoms with Crippen molar-refractivity contribution in [2.75, 3.05) is 0 Å². The zero-order valence-electron chi connectivity index (χ0n) is 17.0. The Balaban J connectivity index is 1.70. The molecule has 0 aliphatic carbocycles. The molecule has 0 aliphatic heterocycles. The van der Waals surface area contributed by atoms with Crippen molar-refractivity contribution in [3.63, 3.8) is 0 Å². The molecule has 6 nitrogen and oxygen atoms in total. The highest BCUT2D eigenvalue weighted by Crippen LogP contribution is 2.40. The van der Waals surface area contributed by atoms with E-state index in [1.54, 1.807) is 12.1 Å². The van der Waals surface area contributed by atoms with Crippen LogP contribution in [0, 0.1) is 11.3 Å². The van der Waals surface area contributed by atoms with E-state index >= 15 is 0 Å². The molecule has 2 aromatic heterocycles. The fourth-order valence-electron chi connectivity index (χ4n) is 3.57. The van der Waals surface area contributed by atoms with Gasteiger partial charge in [-0.25, -0.2) is 9.67 Å². The van der Waals surface area contributed by atoms with Crippen LogP contribution in [0.4, 0.5) is 13.2 Å². The maximum atomic E-state index is 13.3. The van der Waals surface area contributed by atoms with Gasteiger partial charge in [0, 0.05) is 5.39 Å². The second-order valence-corrected chi connectivity index (χ2v) is 7.40. The number of aromatic nitrogens is 4. The molecule has 2 heterocycles. The minimum atomic E-state index is -4.86. The normalized spacial score (nSPS) is 13.6. The first kappa shape index (κ1) is 21.5. The summed E-state index contributed by atoms with van der Waals surface area (Å²) in [6, 6.07) is 18.8.